The minimum absolute atomic E-state index is 0.144. The average molecular weight is 223 g/mol. The van der Waals surface area contributed by atoms with E-state index < -0.39 is 0 Å². The molecule has 0 radical (unpaired) electrons. The van der Waals surface area contributed by atoms with Gasteiger partial charge in [0.25, 0.3) is 5.56 Å². The smallest absolute Gasteiger partial charge is 0.253 e. The zero-order chi connectivity index (χ0) is 10.9. The highest BCUT2D eigenvalue weighted by Gasteiger charge is 2.36. The molecule has 0 atom stereocenters. The highest BCUT2D eigenvalue weighted by atomic mass is 32.1. The first-order valence-electron chi connectivity index (χ1n) is 5.44. The van der Waals surface area contributed by atoms with Crippen molar-refractivity contribution in [3.05, 3.63) is 34.2 Å². The van der Waals surface area contributed by atoms with Gasteiger partial charge in [0.1, 0.15) is 0 Å². The maximum absolute atomic E-state index is 11.8. The molecule has 0 bridgehead atoms. The summed E-state index contributed by atoms with van der Waals surface area (Å²) in [6, 6.07) is 3.81. The summed E-state index contributed by atoms with van der Waals surface area (Å²) in [7, 11) is 0. The molecule has 1 aromatic rings. The molecule has 1 aromatic heterocycles. The molecule has 3 heteroatoms. The highest BCUT2D eigenvalue weighted by Crippen LogP contribution is 2.42. The molecule has 1 fully saturated rings. The summed E-state index contributed by atoms with van der Waals surface area (Å²) in [6.45, 7) is 2.70. The largest absolute Gasteiger partial charge is 0.315 e. The van der Waals surface area contributed by atoms with Crippen molar-refractivity contribution in [3.63, 3.8) is 0 Å². The molecule has 1 aliphatic carbocycles. The molecule has 0 saturated heterocycles. The fraction of sp³-hybridized carbons (Fsp3) is 0.583. The minimum Gasteiger partial charge on any atom is -0.315 e. The molecular formula is C12H17NOS. The van der Waals surface area contributed by atoms with E-state index in [1.807, 2.05) is 29.8 Å². The summed E-state index contributed by atoms with van der Waals surface area (Å²) < 4.78 is 1.84. The SMILES string of the molecule is Cc1cccn(CC2(CS)CCC2)c1=O. The average Bonchev–Trinajstić information content (AvgIpc) is 2.18. The standard InChI is InChI=1S/C12H17NOS/c1-10-4-2-7-13(11(10)14)8-12(9-15)5-3-6-12/h2,4,7,15H,3,5-6,8-9H2,1H3. The number of rotatable bonds is 3. The monoisotopic (exact) mass is 223 g/mol. The molecule has 15 heavy (non-hydrogen) atoms. The number of aromatic nitrogens is 1. The minimum atomic E-state index is 0.144. The van der Waals surface area contributed by atoms with Crippen molar-refractivity contribution in [1.29, 1.82) is 0 Å². The van der Waals surface area contributed by atoms with Gasteiger partial charge in [0.2, 0.25) is 0 Å². The van der Waals surface area contributed by atoms with Crippen molar-refractivity contribution in [1.82, 2.24) is 4.57 Å². The lowest BCUT2D eigenvalue weighted by Gasteiger charge is -2.41. The van der Waals surface area contributed by atoms with E-state index in [0.29, 0.717) is 0 Å². The summed E-state index contributed by atoms with van der Waals surface area (Å²) in [5.41, 5.74) is 1.25. The fourth-order valence-corrected chi connectivity index (χ4v) is 2.60. The van der Waals surface area contributed by atoms with Gasteiger partial charge in [0.05, 0.1) is 0 Å². The van der Waals surface area contributed by atoms with Crippen LogP contribution < -0.4 is 5.56 Å². The van der Waals surface area contributed by atoms with Crippen molar-refractivity contribution in [3.8, 4) is 0 Å². The van der Waals surface area contributed by atoms with Crippen LogP contribution in [0.25, 0.3) is 0 Å². The molecular weight excluding hydrogens is 206 g/mol. The molecule has 0 amide bonds. The third-order valence-corrected chi connectivity index (χ3v) is 4.14. The van der Waals surface area contributed by atoms with Crippen LogP contribution in [0.2, 0.25) is 0 Å². The van der Waals surface area contributed by atoms with Crippen LogP contribution in [0, 0.1) is 12.3 Å². The van der Waals surface area contributed by atoms with E-state index in [0.717, 1.165) is 17.9 Å². The second-order valence-corrected chi connectivity index (χ2v) is 4.95. The molecule has 1 saturated carbocycles. The Morgan fingerprint density at radius 3 is 2.80 bits per heavy atom. The Balaban J connectivity index is 2.24. The van der Waals surface area contributed by atoms with E-state index >= 15 is 0 Å². The van der Waals surface area contributed by atoms with Crippen molar-refractivity contribution >= 4 is 12.6 Å². The molecule has 1 heterocycles. The predicted molar refractivity (Wildman–Crippen MR) is 65.6 cm³/mol. The van der Waals surface area contributed by atoms with Crippen LogP contribution in [0.1, 0.15) is 24.8 Å². The Morgan fingerprint density at radius 2 is 2.27 bits per heavy atom. The molecule has 0 N–H and O–H groups in total. The molecule has 0 aromatic carbocycles. The summed E-state index contributed by atoms with van der Waals surface area (Å²) in [5, 5.41) is 0. The van der Waals surface area contributed by atoms with Crippen LogP contribution in [0.5, 0.6) is 0 Å². The van der Waals surface area contributed by atoms with Crippen LogP contribution >= 0.6 is 12.6 Å². The number of thiol groups is 1. The number of aryl methyl sites for hydroxylation is 1. The van der Waals surface area contributed by atoms with Gasteiger partial charge in [0.15, 0.2) is 0 Å². The molecule has 2 rings (SSSR count). The van der Waals surface area contributed by atoms with Gasteiger partial charge in [-0.15, -0.1) is 0 Å². The van der Waals surface area contributed by atoms with Gasteiger partial charge in [-0.1, -0.05) is 12.5 Å². The van der Waals surface area contributed by atoms with Crippen molar-refractivity contribution < 1.29 is 0 Å². The Morgan fingerprint density at radius 1 is 1.53 bits per heavy atom. The van der Waals surface area contributed by atoms with E-state index in [-0.39, 0.29) is 11.0 Å². The van der Waals surface area contributed by atoms with E-state index in [9.17, 15) is 4.79 Å². The summed E-state index contributed by atoms with van der Waals surface area (Å²) in [6.07, 6.45) is 5.58. The molecule has 0 unspecified atom stereocenters. The fourth-order valence-electron chi connectivity index (χ4n) is 2.19. The van der Waals surface area contributed by atoms with Crippen LogP contribution in [0.15, 0.2) is 23.1 Å². The van der Waals surface area contributed by atoms with Gasteiger partial charge < -0.3 is 4.57 Å². The zero-order valence-electron chi connectivity index (χ0n) is 9.07. The van der Waals surface area contributed by atoms with E-state index in [2.05, 4.69) is 12.6 Å². The van der Waals surface area contributed by atoms with Crippen LogP contribution in [0.4, 0.5) is 0 Å². The summed E-state index contributed by atoms with van der Waals surface area (Å²) >= 11 is 4.41. The predicted octanol–water partition coefficient (Wildman–Crippen LogP) is 2.26. The lowest BCUT2D eigenvalue weighted by atomic mass is 9.70. The molecule has 82 valence electrons. The number of pyridine rings is 1. The Labute approximate surface area is 95.7 Å². The van der Waals surface area contributed by atoms with Gasteiger partial charge in [0, 0.05) is 18.3 Å². The summed E-state index contributed by atoms with van der Waals surface area (Å²) in [5.74, 6) is 0.882. The first-order chi connectivity index (χ1) is 7.17. The van der Waals surface area contributed by atoms with Crippen molar-refractivity contribution in [2.45, 2.75) is 32.7 Å². The van der Waals surface area contributed by atoms with Crippen molar-refractivity contribution in [2.75, 3.05) is 5.75 Å². The molecule has 0 spiro atoms. The van der Waals surface area contributed by atoms with Gasteiger partial charge >= 0.3 is 0 Å². The second-order valence-electron chi connectivity index (χ2n) is 4.64. The Bertz CT molecular complexity index is 401. The first-order valence-corrected chi connectivity index (χ1v) is 6.07. The molecule has 0 aliphatic heterocycles. The number of nitrogens with zero attached hydrogens (tertiary/aromatic N) is 1. The van der Waals surface area contributed by atoms with Crippen LogP contribution in [-0.4, -0.2) is 10.3 Å². The third-order valence-electron chi connectivity index (χ3n) is 3.47. The number of hydrogen-bond acceptors (Lipinski definition) is 2. The normalized spacial score (nSPS) is 18.5. The van der Waals surface area contributed by atoms with Crippen LogP contribution in [0.3, 0.4) is 0 Å². The topological polar surface area (TPSA) is 22.0 Å². The lowest BCUT2D eigenvalue weighted by molar-refractivity contribution is 0.137. The summed E-state index contributed by atoms with van der Waals surface area (Å²) in [4.78, 5) is 11.8. The van der Waals surface area contributed by atoms with E-state index in [1.54, 1.807) is 0 Å². The lowest BCUT2D eigenvalue weighted by Crippen LogP contribution is -2.39. The number of hydrogen-bond donors (Lipinski definition) is 1. The van der Waals surface area contributed by atoms with Crippen molar-refractivity contribution in [2.24, 2.45) is 5.41 Å². The Kier molecular flexibility index (Phi) is 2.91. The van der Waals surface area contributed by atoms with E-state index in [1.165, 1.54) is 19.3 Å². The quantitative estimate of drug-likeness (QED) is 0.780. The van der Waals surface area contributed by atoms with Gasteiger partial charge in [-0.05, 0) is 37.0 Å². The molecule has 1 aliphatic rings. The highest BCUT2D eigenvalue weighted by molar-refractivity contribution is 7.80. The maximum Gasteiger partial charge on any atom is 0.253 e. The van der Waals surface area contributed by atoms with Gasteiger partial charge in [-0.3, -0.25) is 4.79 Å². The van der Waals surface area contributed by atoms with Gasteiger partial charge in [-0.25, -0.2) is 0 Å². The maximum atomic E-state index is 11.8. The Hall–Kier alpha value is -0.700. The molecule has 2 nitrogen and oxygen atoms in total. The van der Waals surface area contributed by atoms with E-state index in [4.69, 9.17) is 0 Å². The second kappa shape index (κ2) is 4.05. The first kappa shape index (κ1) is 10.8. The zero-order valence-corrected chi connectivity index (χ0v) is 9.96. The van der Waals surface area contributed by atoms with Gasteiger partial charge in [-0.2, -0.15) is 12.6 Å². The third kappa shape index (κ3) is 1.98. The van der Waals surface area contributed by atoms with Crippen LogP contribution in [-0.2, 0) is 6.54 Å².